The third kappa shape index (κ3) is 4.86. The molecule has 2 saturated heterocycles. The van der Waals surface area contributed by atoms with E-state index in [-0.39, 0.29) is 5.91 Å². The van der Waals surface area contributed by atoms with Crippen LogP contribution in [0.15, 0.2) is 30.3 Å². The number of carbonyl (C=O) groups excluding carboxylic acids is 1. The van der Waals surface area contributed by atoms with Gasteiger partial charge in [0.1, 0.15) is 17.3 Å². The number of rotatable bonds is 4. The van der Waals surface area contributed by atoms with E-state index in [0.717, 1.165) is 56.4 Å². The van der Waals surface area contributed by atoms with Gasteiger partial charge in [0.05, 0.1) is 0 Å². The van der Waals surface area contributed by atoms with Gasteiger partial charge in [-0.3, -0.25) is 4.79 Å². The van der Waals surface area contributed by atoms with Gasteiger partial charge >= 0.3 is 0 Å². The molecule has 29 heavy (non-hydrogen) atoms. The molecule has 4 rings (SSSR count). The van der Waals surface area contributed by atoms with Gasteiger partial charge in [0.2, 0.25) is 0 Å². The largest absolute Gasteiger partial charge is 0.372 e. The van der Waals surface area contributed by atoms with Crippen molar-refractivity contribution in [3.8, 4) is 0 Å². The number of hydrogen-bond acceptors (Lipinski definition) is 5. The Hall–Kier alpha value is -2.63. The molecule has 0 spiro atoms. The zero-order chi connectivity index (χ0) is 20.2. The summed E-state index contributed by atoms with van der Waals surface area (Å²) in [6, 6.07) is 9.95. The van der Waals surface area contributed by atoms with E-state index in [4.69, 9.17) is 0 Å². The van der Waals surface area contributed by atoms with Crippen molar-refractivity contribution < 1.29 is 4.79 Å². The van der Waals surface area contributed by atoms with Crippen LogP contribution in [0.25, 0.3) is 0 Å². The Morgan fingerprint density at radius 1 is 0.966 bits per heavy atom. The summed E-state index contributed by atoms with van der Waals surface area (Å²) in [5.41, 5.74) is 2.44. The van der Waals surface area contributed by atoms with Gasteiger partial charge in [0.15, 0.2) is 0 Å². The molecule has 0 saturated carbocycles. The van der Waals surface area contributed by atoms with Crippen LogP contribution in [0, 0.1) is 12.8 Å². The number of hydrogen-bond donors (Lipinski definition) is 1. The third-order valence-electron chi connectivity index (χ3n) is 6.01. The van der Waals surface area contributed by atoms with E-state index in [0.29, 0.717) is 11.5 Å². The van der Waals surface area contributed by atoms with Crippen LogP contribution in [0.4, 0.5) is 17.2 Å². The second kappa shape index (κ2) is 8.80. The Morgan fingerprint density at radius 2 is 1.66 bits per heavy atom. The van der Waals surface area contributed by atoms with Gasteiger partial charge in [0, 0.05) is 43.6 Å². The summed E-state index contributed by atoms with van der Waals surface area (Å²) in [5.74, 6) is 2.06. The number of nitrogens with zero attached hydrogens (tertiary/aromatic N) is 4. The summed E-state index contributed by atoms with van der Waals surface area (Å²) in [4.78, 5) is 26.4. The lowest BCUT2D eigenvalue weighted by Crippen LogP contribution is -2.34. The SMILES string of the molecule is Cc1nc(C(=O)Nc2ccc(N3CCCCC3)cc2)cc(N2CCC(C)CC2)n1. The molecule has 6 nitrogen and oxygen atoms in total. The second-order valence-electron chi connectivity index (χ2n) is 8.38. The molecule has 2 aromatic rings. The van der Waals surface area contributed by atoms with E-state index >= 15 is 0 Å². The molecular formula is C23H31N5O. The van der Waals surface area contributed by atoms with E-state index in [1.54, 1.807) is 0 Å². The molecule has 6 heteroatoms. The van der Waals surface area contributed by atoms with Crippen molar-refractivity contribution in [2.75, 3.05) is 41.3 Å². The third-order valence-corrected chi connectivity index (χ3v) is 6.01. The Morgan fingerprint density at radius 3 is 2.34 bits per heavy atom. The average molecular weight is 394 g/mol. The van der Waals surface area contributed by atoms with Gasteiger partial charge in [-0.2, -0.15) is 0 Å². The van der Waals surface area contributed by atoms with Crippen LogP contribution in [-0.4, -0.2) is 42.1 Å². The fraction of sp³-hybridized carbons (Fsp3) is 0.522. The maximum absolute atomic E-state index is 12.8. The van der Waals surface area contributed by atoms with Crippen molar-refractivity contribution >= 4 is 23.1 Å². The highest BCUT2D eigenvalue weighted by Gasteiger charge is 2.19. The van der Waals surface area contributed by atoms with Gasteiger partial charge in [-0.05, 0) is 69.2 Å². The second-order valence-corrected chi connectivity index (χ2v) is 8.38. The molecule has 0 bridgehead atoms. The number of anilines is 3. The first-order valence-corrected chi connectivity index (χ1v) is 10.9. The van der Waals surface area contributed by atoms with E-state index in [2.05, 4.69) is 44.1 Å². The van der Waals surface area contributed by atoms with Crippen LogP contribution in [0.2, 0.25) is 0 Å². The summed E-state index contributed by atoms with van der Waals surface area (Å²) in [7, 11) is 0. The summed E-state index contributed by atoms with van der Waals surface area (Å²) >= 11 is 0. The summed E-state index contributed by atoms with van der Waals surface area (Å²) < 4.78 is 0. The number of nitrogens with one attached hydrogen (secondary N) is 1. The number of aryl methyl sites for hydroxylation is 1. The molecule has 154 valence electrons. The lowest BCUT2D eigenvalue weighted by atomic mass is 9.99. The Kier molecular flexibility index (Phi) is 5.97. The molecule has 1 amide bonds. The molecule has 1 aromatic heterocycles. The fourth-order valence-electron chi connectivity index (χ4n) is 4.17. The highest BCUT2D eigenvalue weighted by molar-refractivity contribution is 6.03. The van der Waals surface area contributed by atoms with Crippen molar-refractivity contribution in [1.82, 2.24) is 9.97 Å². The molecule has 3 heterocycles. The summed E-state index contributed by atoms with van der Waals surface area (Å²) in [6.45, 7) is 8.33. The lowest BCUT2D eigenvalue weighted by Gasteiger charge is -2.31. The molecule has 2 aliphatic heterocycles. The van der Waals surface area contributed by atoms with Gasteiger partial charge < -0.3 is 15.1 Å². The molecular weight excluding hydrogens is 362 g/mol. The smallest absolute Gasteiger partial charge is 0.274 e. The first kappa shape index (κ1) is 19.7. The number of piperidine rings is 2. The zero-order valence-corrected chi connectivity index (χ0v) is 17.5. The van der Waals surface area contributed by atoms with E-state index in [9.17, 15) is 4.79 Å². The average Bonchev–Trinajstić information content (AvgIpc) is 2.75. The standard InChI is InChI=1S/C23H31N5O/c1-17-10-14-28(15-11-17)22-16-21(24-18(2)25-22)23(29)26-19-6-8-20(9-7-19)27-12-4-3-5-13-27/h6-9,16-17H,3-5,10-15H2,1-2H3,(H,26,29). The number of aromatic nitrogens is 2. The van der Waals surface area contributed by atoms with Gasteiger partial charge in [-0.1, -0.05) is 6.92 Å². The molecule has 2 aliphatic rings. The predicted octanol–water partition coefficient (Wildman–Crippen LogP) is 4.26. The maximum atomic E-state index is 12.8. The molecule has 2 fully saturated rings. The minimum Gasteiger partial charge on any atom is -0.372 e. The van der Waals surface area contributed by atoms with Crippen molar-refractivity contribution in [3.63, 3.8) is 0 Å². The zero-order valence-electron chi connectivity index (χ0n) is 17.5. The van der Waals surface area contributed by atoms with Crippen molar-refractivity contribution in [3.05, 3.63) is 41.9 Å². The van der Waals surface area contributed by atoms with E-state index in [1.807, 2.05) is 25.1 Å². The normalized spacial score (nSPS) is 18.0. The topological polar surface area (TPSA) is 61.4 Å². The van der Waals surface area contributed by atoms with Gasteiger partial charge in [-0.25, -0.2) is 9.97 Å². The van der Waals surface area contributed by atoms with Crippen LogP contribution in [-0.2, 0) is 0 Å². The van der Waals surface area contributed by atoms with Crippen LogP contribution in [0.5, 0.6) is 0 Å². The number of benzene rings is 1. The van der Waals surface area contributed by atoms with Crippen LogP contribution in [0.3, 0.4) is 0 Å². The number of carbonyl (C=O) groups is 1. The fourth-order valence-corrected chi connectivity index (χ4v) is 4.17. The first-order chi connectivity index (χ1) is 14.1. The Balaban J connectivity index is 1.44. The minimum absolute atomic E-state index is 0.187. The van der Waals surface area contributed by atoms with Crippen molar-refractivity contribution in [1.29, 1.82) is 0 Å². The summed E-state index contributed by atoms with van der Waals surface area (Å²) in [6.07, 6.45) is 6.15. The number of amides is 1. The maximum Gasteiger partial charge on any atom is 0.274 e. The molecule has 0 aliphatic carbocycles. The highest BCUT2D eigenvalue weighted by Crippen LogP contribution is 2.24. The van der Waals surface area contributed by atoms with Gasteiger partial charge in [0.25, 0.3) is 5.91 Å². The monoisotopic (exact) mass is 393 g/mol. The van der Waals surface area contributed by atoms with Crippen molar-refractivity contribution in [2.45, 2.75) is 46.0 Å². The molecule has 0 unspecified atom stereocenters. The molecule has 0 radical (unpaired) electrons. The Bertz CT molecular complexity index is 837. The van der Waals surface area contributed by atoms with Crippen molar-refractivity contribution in [2.24, 2.45) is 5.92 Å². The van der Waals surface area contributed by atoms with Crippen LogP contribution < -0.4 is 15.1 Å². The highest BCUT2D eigenvalue weighted by atomic mass is 16.1. The van der Waals surface area contributed by atoms with Crippen LogP contribution in [0.1, 0.15) is 55.3 Å². The van der Waals surface area contributed by atoms with Crippen LogP contribution >= 0.6 is 0 Å². The predicted molar refractivity (Wildman–Crippen MR) is 118 cm³/mol. The molecule has 1 aromatic carbocycles. The molecule has 1 N–H and O–H groups in total. The Labute approximate surface area is 173 Å². The van der Waals surface area contributed by atoms with E-state index in [1.165, 1.54) is 24.9 Å². The minimum atomic E-state index is -0.187. The van der Waals surface area contributed by atoms with E-state index < -0.39 is 0 Å². The molecule has 0 atom stereocenters. The summed E-state index contributed by atoms with van der Waals surface area (Å²) in [5, 5.41) is 2.99. The van der Waals surface area contributed by atoms with Gasteiger partial charge in [-0.15, -0.1) is 0 Å². The lowest BCUT2D eigenvalue weighted by molar-refractivity contribution is 0.102. The first-order valence-electron chi connectivity index (χ1n) is 10.9. The quantitative estimate of drug-likeness (QED) is 0.841.